The normalized spacial score (nSPS) is 18.0. The van der Waals surface area contributed by atoms with Crippen LogP contribution in [0.15, 0.2) is 53.7 Å². The summed E-state index contributed by atoms with van der Waals surface area (Å²) in [6.07, 6.45) is 7.18. The highest BCUT2D eigenvalue weighted by Gasteiger charge is 2.29. The molecule has 9 nitrogen and oxygen atoms in total. The number of aromatic nitrogens is 4. The largest absolute Gasteiger partial charge is 0.356 e. The van der Waals surface area contributed by atoms with Gasteiger partial charge in [0.15, 0.2) is 0 Å². The Kier molecular flexibility index (Phi) is 6.03. The molecule has 0 aliphatic carbocycles. The van der Waals surface area contributed by atoms with Gasteiger partial charge in [0, 0.05) is 57.7 Å². The van der Waals surface area contributed by atoms with Gasteiger partial charge >= 0.3 is 0 Å². The number of benzene rings is 1. The summed E-state index contributed by atoms with van der Waals surface area (Å²) in [5, 5.41) is 4.19. The summed E-state index contributed by atoms with van der Waals surface area (Å²) in [4.78, 5) is 14.1. The van der Waals surface area contributed by atoms with Crippen molar-refractivity contribution in [2.75, 3.05) is 49.1 Å². The van der Waals surface area contributed by atoms with Crippen LogP contribution in [0, 0.1) is 6.92 Å². The number of aryl methyl sites for hydroxylation is 1. The van der Waals surface area contributed by atoms with E-state index in [1.54, 1.807) is 39.4 Å². The molecule has 0 amide bonds. The second-order valence-electron chi connectivity index (χ2n) is 8.51. The first-order chi connectivity index (χ1) is 16.0. The minimum atomic E-state index is -3.55. The molecule has 2 saturated heterocycles. The maximum atomic E-state index is 13.2. The van der Waals surface area contributed by atoms with Gasteiger partial charge in [-0.3, -0.25) is 0 Å². The molecule has 174 valence electrons. The summed E-state index contributed by atoms with van der Waals surface area (Å²) in [7, 11) is -3.55. The van der Waals surface area contributed by atoms with E-state index in [2.05, 4.69) is 30.9 Å². The van der Waals surface area contributed by atoms with Crippen LogP contribution < -0.4 is 9.80 Å². The molecule has 0 bridgehead atoms. The van der Waals surface area contributed by atoms with Gasteiger partial charge in [0.2, 0.25) is 10.0 Å². The molecule has 2 aromatic heterocycles. The van der Waals surface area contributed by atoms with Crippen LogP contribution in [0.1, 0.15) is 25.1 Å². The molecule has 2 fully saturated rings. The lowest BCUT2D eigenvalue weighted by molar-refractivity contribution is 0.383. The highest BCUT2D eigenvalue weighted by atomic mass is 32.2. The van der Waals surface area contributed by atoms with E-state index in [-0.39, 0.29) is 0 Å². The molecule has 0 atom stereocenters. The van der Waals surface area contributed by atoms with Crippen molar-refractivity contribution in [2.24, 2.45) is 0 Å². The molecule has 2 aliphatic heterocycles. The van der Waals surface area contributed by atoms with Crippen molar-refractivity contribution in [3.63, 3.8) is 0 Å². The first-order valence-electron chi connectivity index (χ1n) is 11.5. The lowest BCUT2D eigenvalue weighted by atomic mass is 10.1. The molecule has 1 aromatic carbocycles. The van der Waals surface area contributed by atoms with Gasteiger partial charge in [-0.05, 0) is 56.5 Å². The van der Waals surface area contributed by atoms with Crippen molar-refractivity contribution in [3.05, 3.63) is 54.6 Å². The molecule has 0 N–H and O–H groups in total. The molecule has 5 rings (SSSR count). The van der Waals surface area contributed by atoms with E-state index in [0.717, 1.165) is 36.2 Å². The maximum absolute atomic E-state index is 13.2. The van der Waals surface area contributed by atoms with Gasteiger partial charge in [0.05, 0.1) is 10.6 Å². The summed E-state index contributed by atoms with van der Waals surface area (Å²) in [5.74, 6) is 2.61. The van der Waals surface area contributed by atoms with Crippen molar-refractivity contribution < 1.29 is 8.42 Å². The molecule has 33 heavy (non-hydrogen) atoms. The predicted octanol–water partition coefficient (Wildman–Crippen LogP) is 2.47. The molecular weight excluding hydrogens is 438 g/mol. The smallest absolute Gasteiger partial charge is 0.243 e. The number of rotatable bonds is 5. The zero-order valence-electron chi connectivity index (χ0n) is 18.8. The van der Waals surface area contributed by atoms with E-state index in [1.807, 2.05) is 19.2 Å². The highest BCUT2D eigenvalue weighted by Crippen LogP contribution is 2.25. The monoisotopic (exact) mass is 467 g/mol. The standard InChI is InChI=1S/C23H29N7O2S/c1-19-25-22(27-11-3-2-4-12-27)18-23(26-19)28-14-16-29(17-15-28)33(31,32)21-8-6-20(7-9-21)30-13-5-10-24-30/h5-10,13,18H,2-4,11-12,14-17H2,1H3. The van der Waals surface area contributed by atoms with Crippen molar-refractivity contribution >= 4 is 21.7 Å². The molecular formula is C23H29N7O2S. The van der Waals surface area contributed by atoms with Crippen molar-refractivity contribution in [3.8, 4) is 5.69 Å². The maximum Gasteiger partial charge on any atom is 0.243 e. The van der Waals surface area contributed by atoms with E-state index in [1.165, 1.54) is 19.3 Å². The van der Waals surface area contributed by atoms with Crippen LogP contribution in [-0.4, -0.2) is 71.7 Å². The molecule has 10 heteroatoms. The topological polar surface area (TPSA) is 87.5 Å². The SMILES string of the molecule is Cc1nc(N2CCCCC2)cc(N2CCN(S(=O)(=O)c3ccc(-n4cccn4)cc3)CC2)n1. The van der Waals surface area contributed by atoms with Crippen LogP contribution >= 0.6 is 0 Å². The second-order valence-corrected chi connectivity index (χ2v) is 10.5. The van der Waals surface area contributed by atoms with Gasteiger partial charge in [-0.1, -0.05) is 0 Å². The zero-order valence-corrected chi connectivity index (χ0v) is 19.7. The van der Waals surface area contributed by atoms with Crippen molar-refractivity contribution in [1.82, 2.24) is 24.1 Å². The van der Waals surface area contributed by atoms with Crippen LogP contribution in [0.5, 0.6) is 0 Å². The Morgan fingerprint density at radius 2 is 1.45 bits per heavy atom. The van der Waals surface area contributed by atoms with Gasteiger partial charge in [-0.2, -0.15) is 9.40 Å². The van der Waals surface area contributed by atoms with Gasteiger partial charge in [-0.25, -0.2) is 23.1 Å². The van der Waals surface area contributed by atoms with Crippen LogP contribution in [-0.2, 0) is 10.0 Å². The zero-order chi connectivity index (χ0) is 22.8. The lowest BCUT2D eigenvalue weighted by Crippen LogP contribution is -2.49. The van der Waals surface area contributed by atoms with Crippen LogP contribution in [0.2, 0.25) is 0 Å². The molecule has 4 heterocycles. The van der Waals surface area contributed by atoms with E-state index in [9.17, 15) is 8.42 Å². The first kappa shape index (κ1) is 21.8. The lowest BCUT2D eigenvalue weighted by Gasteiger charge is -2.35. The number of hydrogen-bond acceptors (Lipinski definition) is 7. The van der Waals surface area contributed by atoms with E-state index < -0.39 is 10.0 Å². The van der Waals surface area contributed by atoms with E-state index in [0.29, 0.717) is 31.1 Å². The summed E-state index contributed by atoms with van der Waals surface area (Å²) < 4.78 is 29.7. The van der Waals surface area contributed by atoms with Crippen LogP contribution in [0.25, 0.3) is 5.69 Å². The molecule has 0 spiro atoms. The van der Waals surface area contributed by atoms with Crippen molar-refractivity contribution in [1.29, 1.82) is 0 Å². The Hall–Kier alpha value is -2.98. The number of hydrogen-bond donors (Lipinski definition) is 0. The average Bonchev–Trinajstić information content (AvgIpc) is 3.39. The predicted molar refractivity (Wildman–Crippen MR) is 127 cm³/mol. The Labute approximate surface area is 194 Å². The summed E-state index contributed by atoms with van der Waals surface area (Å²) >= 11 is 0. The fourth-order valence-electron chi connectivity index (χ4n) is 4.48. The Bertz CT molecular complexity index is 1180. The number of anilines is 2. The Balaban J connectivity index is 1.27. The van der Waals surface area contributed by atoms with Crippen LogP contribution in [0.3, 0.4) is 0 Å². The third-order valence-electron chi connectivity index (χ3n) is 6.30. The molecule has 3 aromatic rings. The van der Waals surface area contributed by atoms with Gasteiger partial charge in [0.1, 0.15) is 17.5 Å². The van der Waals surface area contributed by atoms with Gasteiger partial charge in [0.25, 0.3) is 0 Å². The Morgan fingerprint density at radius 1 is 0.818 bits per heavy atom. The molecule has 2 aliphatic rings. The summed E-state index contributed by atoms with van der Waals surface area (Å²) in [6.45, 7) is 6.02. The number of sulfonamides is 1. The van der Waals surface area contributed by atoms with Crippen LogP contribution in [0.4, 0.5) is 11.6 Å². The third-order valence-corrected chi connectivity index (χ3v) is 8.21. The fraction of sp³-hybridized carbons (Fsp3) is 0.435. The number of piperidine rings is 1. The molecule has 0 saturated carbocycles. The van der Waals surface area contributed by atoms with Crippen molar-refractivity contribution in [2.45, 2.75) is 31.1 Å². The number of nitrogens with zero attached hydrogens (tertiary/aromatic N) is 7. The third kappa shape index (κ3) is 4.58. The molecule has 0 radical (unpaired) electrons. The van der Waals surface area contributed by atoms with Gasteiger partial charge in [-0.15, -0.1) is 0 Å². The fourth-order valence-corrected chi connectivity index (χ4v) is 5.90. The summed E-state index contributed by atoms with van der Waals surface area (Å²) in [6, 6.07) is 10.7. The quantitative estimate of drug-likeness (QED) is 0.570. The Morgan fingerprint density at radius 3 is 2.06 bits per heavy atom. The van der Waals surface area contributed by atoms with E-state index >= 15 is 0 Å². The van der Waals surface area contributed by atoms with E-state index in [4.69, 9.17) is 0 Å². The average molecular weight is 468 g/mol. The number of piperazine rings is 1. The first-order valence-corrected chi connectivity index (χ1v) is 12.9. The van der Waals surface area contributed by atoms with Gasteiger partial charge < -0.3 is 9.80 Å². The summed E-state index contributed by atoms with van der Waals surface area (Å²) in [5.41, 5.74) is 0.826. The second kappa shape index (κ2) is 9.11. The molecule has 0 unspecified atom stereocenters. The minimum Gasteiger partial charge on any atom is -0.356 e. The highest BCUT2D eigenvalue weighted by molar-refractivity contribution is 7.89. The minimum absolute atomic E-state index is 0.303.